The Kier molecular flexibility index (Phi) is 5.33. The van der Waals surface area contributed by atoms with Gasteiger partial charge in [-0.2, -0.15) is 13.2 Å². The summed E-state index contributed by atoms with van der Waals surface area (Å²) < 4.78 is 38.9. The van der Waals surface area contributed by atoms with Crippen molar-refractivity contribution in [2.45, 2.75) is 19.0 Å². The third-order valence-corrected chi connectivity index (χ3v) is 4.15. The van der Waals surface area contributed by atoms with Gasteiger partial charge in [0.05, 0.1) is 21.3 Å². The van der Waals surface area contributed by atoms with Gasteiger partial charge in [0.25, 0.3) is 11.4 Å². The molecule has 1 amide bonds. The quantitative estimate of drug-likeness (QED) is 0.637. The topological polar surface area (TPSA) is 119 Å². The summed E-state index contributed by atoms with van der Waals surface area (Å²) in [5.74, 6) is -0.915. The lowest BCUT2D eigenvalue weighted by atomic mass is 9.96. The summed E-state index contributed by atoms with van der Waals surface area (Å²) in [6, 6.07) is 0.567. The Morgan fingerprint density at radius 3 is 2.19 bits per heavy atom. The molecule has 2 rings (SSSR count). The smallest absolute Gasteiger partial charge is 0.360 e. The Labute approximate surface area is 145 Å². The number of carbonyl (C=O) groups is 1. The Morgan fingerprint density at radius 1 is 1.23 bits per heavy atom. The van der Waals surface area contributed by atoms with Crippen LogP contribution in [0.25, 0.3) is 0 Å². The van der Waals surface area contributed by atoms with Crippen LogP contribution in [0.1, 0.15) is 18.4 Å². The molecule has 1 fully saturated rings. The number of nitro benzene ring substituents is 2. The number of amides is 1. The fourth-order valence-electron chi connectivity index (χ4n) is 2.97. The first-order chi connectivity index (χ1) is 12.1. The summed E-state index contributed by atoms with van der Waals surface area (Å²) in [5, 5.41) is 25.0. The van der Waals surface area contributed by atoms with Crippen LogP contribution >= 0.6 is 0 Å². The predicted molar refractivity (Wildman–Crippen MR) is 83.8 cm³/mol. The lowest BCUT2D eigenvalue weighted by Crippen LogP contribution is -2.42. The van der Waals surface area contributed by atoms with E-state index >= 15 is 0 Å². The zero-order chi connectivity index (χ0) is 19.6. The van der Waals surface area contributed by atoms with Crippen LogP contribution in [0, 0.1) is 26.1 Å². The third kappa shape index (κ3) is 3.83. The standard InChI is InChI=1S/C14H15F3N4O5/c1-18-13(22)8-3-2-4-19(7-8)12-10(20(23)24)5-9(14(15,16)17)6-11(12)21(25)26/h5-6,8H,2-4,7H2,1H3,(H,18,22). The van der Waals surface area contributed by atoms with Crippen molar-refractivity contribution >= 4 is 23.0 Å². The minimum atomic E-state index is -4.97. The average molecular weight is 376 g/mol. The lowest BCUT2D eigenvalue weighted by molar-refractivity contribution is -0.393. The van der Waals surface area contributed by atoms with Crippen LogP contribution in [0.3, 0.4) is 0 Å². The normalized spacial score (nSPS) is 17.7. The van der Waals surface area contributed by atoms with Crippen LogP contribution < -0.4 is 10.2 Å². The molecular weight excluding hydrogens is 361 g/mol. The largest absolute Gasteiger partial charge is 0.416 e. The molecule has 9 nitrogen and oxygen atoms in total. The van der Waals surface area contributed by atoms with E-state index in [9.17, 15) is 38.2 Å². The minimum Gasteiger partial charge on any atom is -0.360 e. The maximum atomic E-state index is 13.0. The van der Waals surface area contributed by atoms with Gasteiger partial charge in [-0.3, -0.25) is 25.0 Å². The van der Waals surface area contributed by atoms with E-state index in [1.165, 1.54) is 11.9 Å². The molecule has 0 aliphatic carbocycles. The van der Waals surface area contributed by atoms with Crippen molar-refractivity contribution < 1.29 is 27.8 Å². The van der Waals surface area contributed by atoms with Gasteiger partial charge in [-0.15, -0.1) is 0 Å². The highest BCUT2D eigenvalue weighted by Crippen LogP contribution is 2.44. The zero-order valence-electron chi connectivity index (χ0n) is 13.6. The number of alkyl halides is 3. The van der Waals surface area contributed by atoms with E-state index < -0.39 is 44.6 Å². The number of nitrogens with zero attached hydrogens (tertiary/aromatic N) is 3. The molecule has 1 saturated heterocycles. The summed E-state index contributed by atoms with van der Waals surface area (Å²) in [6.45, 7) is 0.0905. The highest BCUT2D eigenvalue weighted by atomic mass is 19.4. The number of piperidine rings is 1. The minimum absolute atomic E-state index is 0.0628. The fourth-order valence-corrected chi connectivity index (χ4v) is 2.97. The second-order valence-corrected chi connectivity index (χ2v) is 5.77. The van der Waals surface area contributed by atoms with E-state index in [0.29, 0.717) is 12.8 Å². The summed E-state index contributed by atoms with van der Waals surface area (Å²) in [5.41, 5.74) is -4.01. The number of benzene rings is 1. The van der Waals surface area contributed by atoms with Gasteiger partial charge in [-0.1, -0.05) is 0 Å². The van der Waals surface area contributed by atoms with Gasteiger partial charge in [0.1, 0.15) is 0 Å². The van der Waals surface area contributed by atoms with Crippen molar-refractivity contribution in [1.29, 1.82) is 0 Å². The number of nitrogens with one attached hydrogen (secondary N) is 1. The molecular formula is C14H15F3N4O5. The first-order valence-electron chi connectivity index (χ1n) is 7.56. The molecule has 1 aliphatic heterocycles. The van der Waals surface area contributed by atoms with Crippen LogP contribution in [-0.2, 0) is 11.0 Å². The molecule has 0 aromatic heterocycles. The highest BCUT2D eigenvalue weighted by Gasteiger charge is 2.40. The molecule has 142 valence electrons. The molecule has 1 N–H and O–H groups in total. The second kappa shape index (κ2) is 7.14. The third-order valence-electron chi connectivity index (χ3n) is 4.15. The molecule has 0 saturated carbocycles. The van der Waals surface area contributed by atoms with Crippen molar-refractivity contribution in [3.05, 3.63) is 37.9 Å². The number of carbonyl (C=O) groups excluding carboxylic acids is 1. The number of nitro groups is 2. The van der Waals surface area contributed by atoms with Crippen LogP contribution in [0.15, 0.2) is 12.1 Å². The van der Waals surface area contributed by atoms with Gasteiger partial charge in [-0.05, 0) is 12.8 Å². The molecule has 12 heteroatoms. The summed E-state index contributed by atoms with van der Waals surface area (Å²) >= 11 is 0. The maximum absolute atomic E-state index is 13.0. The number of rotatable bonds is 4. The van der Waals surface area contributed by atoms with E-state index in [1.54, 1.807) is 0 Å². The van der Waals surface area contributed by atoms with Crippen LogP contribution in [0.2, 0.25) is 0 Å². The number of hydrogen-bond acceptors (Lipinski definition) is 6. The van der Waals surface area contributed by atoms with Gasteiger partial charge < -0.3 is 10.2 Å². The van der Waals surface area contributed by atoms with Crippen molar-refractivity contribution in [3.8, 4) is 0 Å². The number of hydrogen-bond donors (Lipinski definition) is 1. The van der Waals surface area contributed by atoms with Crippen molar-refractivity contribution in [3.63, 3.8) is 0 Å². The molecule has 1 aromatic carbocycles. The molecule has 1 heterocycles. The molecule has 1 aliphatic rings. The van der Waals surface area contributed by atoms with Gasteiger partial charge in [0.2, 0.25) is 5.91 Å². The Balaban J connectivity index is 2.60. The van der Waals surface area contributed by atoms with Crippen molar-refractivity contribution in [2.75, 3.05) is 25.0 Å². The maximum Gasteiger partial charge on any atom is 0.416 e. The van der Waals surface area contributed by atoms with E-state index in [-0.39, 0.29) is 31.1 Å². The van der Waals surface area contributed by atoms with Gasteiger partial charge in [0.15, 0.2) is 5.69 Å². The predicted octanol–water partition coefficient (Wildman–Crippen LogP) is 2.48. The molecule has 0 radical (unpaired) electrons. The van der Waals surface area contributed by atoms with E-state index in [0.717, 1.165) is 0 Å². The Hall–Kier alpha value is -2.92. The fraction of sp³-hybridized carbons (Fsp3) is 0.500. The van der Waals surface area contributed by atoms with Gasteiger partial charge in [-0.25, -0.2) is 0 Å². The van der Waals surface area contributed by atoms with E-state index in [4.69, 9.17) is 0 Å². The summed E-state index contributed by atoms with van der Waals surface area (Å²) in [6.07, 6.45) is -4.09. The Morgan fingerprint density at radius 2 is 1.77 bits per heavy atom. The number of halogens is 3. The summed E-state index contributed by atoms with van der Waals surface area (Å²) in [7, 11) is 1.41. The second-order valence-electron chi connectivity index (χ2n) is 5.77. The SMILES string of the molecule is CNC(=O)C1CCCN(c2c([N+](=O)[O-])cc(C(F)(F)F)cc2[N+](=O)[O-])C1. The van der Waals surface area contributed by atoms with Crippen LogP contribution in [-0.4, -0.2) is 35.9 Å². The molecule has 0 spiro atoms. The molecule has 26 heavy (non-hydrogen) atoms. The van der Waals surface area contributed by atoms with E-state index in [2.05, 4.69) is 5.32 Å². The van der Waals surface area contributed by atoms with Gasteiger partial charge >= 0.3 is 6.18 Å². The Bertz CT molecular complexity index is 718. The average Bonchev–Trinajstić information content (AvgIpc) is 2.58. The lowest BCUT2D eigenvalue weighted by Gasteiger charge is -2.32. The molecule has 1 aromatic rings. The monoisotopic (exact) mass is 376 g/mol. The first-order valence-corrected chi connectivity index (χ1v) is 7.56. The first kappa shape index (κ1) is 19.4. The number of anilines is 1. The molecule has 1 atom stereocenters. The molecule has 0 bridgehead atoms. The highest BCUT2D eigenvalue weighted by molar-refractivity contribution is 5.81. The summed E-state index contributed by atoms with van der Waals surface area (Å²) in [4.78, 5) is 33.5. The molecule has 1 unspecified atom stereocenters. The van der Waals surface area contributed by atoms with Crippen LogP contribution in [0.5, 0.6) is 0 Å². The zero-order valence-corrected chi connectivity index (χ0v) is 13.6. The van der Waals surface area contributed by atoms with E-state index in [1.807, 2.05) is 0 Å². The van der Waals surface area contributed by atoms with Crippen molar-refractivity contribution in [2.24, 2.45) is 5.92 Å². The van der Waals surface area contributed by atoms with Gasteiger partial charge in [0, 0.05) is 32.3 Å². The van der Waals surface area contributed by atoms with Crippen molar-refractivity contribution in [1.82, 2.24) is 5.32 Å². The van der Waals surface area contributed by atoms with Crippen LogP contribution in [0.4, 0.5) is 30.2 Å².